The normalized spacial score (nSPS) is 11.4. The fourth-order valence-corrected chi connectivity index (χ4v) is 3.10. The largest absolute Gasteiger partial charge is 0.459 e. The first-order valence-corrected chi connectivity index (χ1v) is 9.85. The van der Waals surface area contributed by atoms with E-state index in [1.54, 1.807) is 6.07 Å². The number of rotatable bonds is 8. The number of hydrogen-bond acceptors (Lipinski definition) is 5. The Morgan fingerprint density at radius 1 is 0.935 bits per heavy atom. The molecule has 1 atom stereocenters. The molecule has 7 nitrogen and oxygen atoms in total. The van der Waals surface area contributed by atoms with Gasteiger partial charge in [0.2, 0.25) is 0 Å². The summed E-state index contributed by atoms with van der Waals surface area (Å²) in [5.74, 6) is -1.62. The van der Waals surface area contributed by atoms with E-state index in [4.69, 9.17) is 9.15 Å². The second-order valence-electron chi connectivity index (χ2n) is 7.12. The summed E-state index contributed by atoms with van der Waals surface area (Å²) in [6.45, 7) is 3.30. The third-order valence-corrected chi connectivity index (χ3v) is 4.71. The molecule has 0 saturated heterocycles. The summed E-state index contributed by atoms with van der Waals surface area (Å²) in [6.07, 6.45) is 1.59. The molecule has 0 saturated carbocycles. The van der Waals surface area contributed by atoms with Gasteiger partial charge in [0.15, 0.2) is 12.4 Å². The van der Waals surface area contributed by atoms with Gasteiger partial charge in [-0.1, -0.05) is 48.5 Å². The molecule has 0 fully saturated rings. The second kappa shape index (κ2) is 10.2. The Labute approximate surface area is 180 Å². The average Bonchev–Trinajstić information content (AvgIpc) is 3.30. The van der Waals surface area contributed by atoms with Crippen LogP contribution in [0.5, 0.6) is 0 Å². The third kappa shape index (κ3) is 6.05. The molecule has 0 radical (unpaired) electrons. The number of benzene rings is 2. The summed E-state index contributed by atoms with van der Waals surface area (Å²) < 4.78 is 10.3. The molecule has 2 N–H and O–H groups in total. The molecule has 0 aliphatic heterocycles. The van der Waals surface area contributed by atoms with Crippen molar-refractivity contribution in [3.05, 3.63) is 89.4 Å². The number of para-hydroxylation sites is 1. The van der Waals surface area contributed by atoms with Crippen LogP contribution in [0.2, 0.25) is 0 Å². The molecule has 1 heterocycles. The molecular formula is C24H24N2O5. The van der Waals surface area contributed by atoms with Gasteiger partial charge >= 0.3 is 5.97 Å². The number of aryl methyl sites for hydroxylation is 2. The zero-order chi connectivity index (χ0) is 22.2. The summed E-state index contributed by atoms with van der Waals surface area (Å²) >= 11 is 0. The van der Waals surface area contributed by atoms with Crippen LogP contribution in [-0.2, 0) is 20.7 Å². The van der Waals surface area contributed by atoms with Crippen molar-refractivity contribution in [1.29, 1.82) is 0 Å². The van der Waals surface area contributed by atoms with Gasteiger partial charge in [-0.25, -0.2) is 4.79 Å². The van der Waals surface area contributed by atoms with Crippen molar-refractivity contribution in [2.75, 3.05) is 11.9 Å². The van der Waals surface area contributed by atoms with Gasteiger partial charge in [0.05, 0.1) is 6.26 Å². The van der Waals surface area contributed by atoms with Crippen LogP contribution < -0.4 is 10.6 Å². The number of anilines is 1. The number of hydrogen-bond donors (Lipinski definition) is 2. The van der Waals surface area contributed by atoms with Crippen LogP contribution in [0.1, 0.15) is 27.2 Å². The molecule has 2 aromatic carbocycles. The van der Waals surface area contributed by atoms with Crippen LogP contribution in [-0.4, -0.2) is 30.4 Å². The lowest BCUT2D eigenvalue weighted by Gasteiger charge is -2.17. The quantitative estimate of drug-likeness (QED) is 0.544. The average molecular weight is 420 g/mol. The minimum atomic E-state index is -0.979. The van der Waals surface area contributed by atoms with E-state index >= 15 is 0 Å². The lowest BCUT2D eigenvalue weighted by atomic mass is 10.1. The third-order valence-electron chi connectivity index (χ3n) is 4.71. The highest BCUT2D eigenvalue weighted by Crippen LogP contribution is 2.19. The standard InChI is InChI=1S/C24H24N2O5/c1-16-8-6-9-17(2)22(16)26-21(27)15-31-24(29)19(14-18-10-4-3-5-11-18)25-23(28)20-12-7-13-30-20/h3-13,19H,14-15H2,1-2H3,(H,25,28)(H,26,27). The predicted molar refractivity (Wildman–Crippen MR) is 116 cm³/mol. The highest BCUT2D eigenvalue weighted by atomic mass is 16.5. The van der Waals surface area contributed by atoms with Crippen LogP contribution >= 0.6 is 0 Å². The smallest absolute Gasteiger partial charge is 0.329 e. The van der Waals surface area contributed by atoms with Crippen LogP contribution in [0.15, 0.2) is 71.3 Å². The number of ether oxygens (including phenoxy) is 1. The molecule has 160 valence electrons. The number of esters is 1. The van der Waals surface area contributed by atoms with Crippen LogP contribution in [0, 0.1) is 13.8 Å². The van der Waals surface area contributed by atoms with Gasteiger partial charge in [0, 0.05) is 12.1 Å². The summed E-state index contributed by atoms with van der Waals surface area (Å²) in [6, 6.07) is 17.0. The molecule has 3 aromatic rings. The molecule has 7 heteroatoms. The molecule has 1 aromatic heterocycles. The highest BCUT2D eigenvalue weighted by Gasteiger charge is 2.25. The Hall–Kier alpha value is -3.87. The first-order valence-electron chi connectivity index (χ1n) is 9.85. The molecule has 0 bridgehead atoms. The maximum Gasteiger partial charge on any atom is 0.329 e. The fourth-order valence-electron chi connectivity index (χ4n) is 3.10. The van der Waals surface area contributed by atoms with E-state index in [1.165, 1.54) is 12.3 Å². The zero-order valence-electron chi connectivity index (χ0n) is 17.4. The topological polar surface area (TPSA) is 97.6 Å². The monoisotopic (exact) mass is 420 g/mol. The molecule has 0 aliphatic carbocycles. The molecule has 0 spiro atoms. The number of carbonyl (C=O) groups excluding carboxylic acids is 3. The molecule has 0 aliphatic rings. The van der Waals surface area contributed by atoms with Crippen molar-refractivity contribution in [3.8, 4) is 0 Å². The molecule has 31 heavy (non-hydrogen) atoms. The van der Waals surface area contributed by atoms with Crippen molar-refractivity contribution >= 4 is 23.5 Å². The van der Waals surface area contributed by atoms with Gasteiger partial charge in [-0.2, -0.15) is 0 Å². The predicted octanol–water partition coefficient (Wildman–Crippen LogP) is 3.42. The van der Waals surface area contributed by atoms with E-state index < -0.39 is 30.4 Å². The molecular weight excluding hydrogens is 396 g/mol. The summed E-state index contributed by atoms with van der Waals surface area (Å²) in [5.41, 5.74) is 3.35. The molecule has 1 unspecified atom stereocenters. The fraction of sp³-hybridized carbons (Fsp3) is 0.208. The molecule has 3 rings (SSSR count). The number of nitrogens with one attached hydrogen (secondary N) is 2. The van der Waals surface area contributed by atoms with E-state index in [0.29, 0.717) is 5.69 Å². The summed E-state index contributed by atoms with van der Waals surface area (Å²) in [4.78, 5) is 37.4. The Balaban J connectivity index is 1.64. The van der Waals surface area contributed by atoms with Gasteiger partial charge in [0.25, 0.3) is 11.8 Å². The number of carbonyl (C=O) groups is 3. The minimum absolute atomic E-state index is 0.0821. The maximum absolute atomic E-state index is 12.7. The Morgan fingerprint density at radius 2 is 1.65 bits per heavy atom. The zero-order valence-corrected chi connectivity index (χ0v) is 17.4. The summed E-state index contributed by atoms with van der Waals surface area (Å²) in [7, 11) is 0. The van der Waals surface area contributed by atoms with Crippen molar-refractivity contribution in [3.63, 3.8) is 0 Å². The van der Waals surface area contributed by atoms with Crippen molar-refractivity contribution in [2.24, 2.45) is 0 Å². The number of amides is 2. The number of furan rings is 1. The van der Waals surface area contributed by atoms with E-state index in [1.807, 2.05) is 62.4 Å². The maximum atomic E-state index is 12.7. The van der Waals surface area contributed by atoms with E-state index in [9.17, 15) is 14.4 Å². The van der Waals surface area contributed by atoms with E-state index in [-0.39, 0.29) is 12.2 Å². The van der Waals surface area contributed by atoms with E-state index in [0.717, 1.165) is 16.7 Å². The Bertz CT molecular complexity index is 1020. The van der Waals surface area contributed by atoms with Crippen molar-refractivity contribution < 1.29 is 23.5 Å². The SMILES string of the molecule is Cc1cccc(C)c1NC(=O)COC(=O)C(Cc1ccccc1)NC(=O)c1ccco1. The van der Waals surface area contributed by atoms with Gasteiger partial charge in [0.1, 0.15) is 6.04 Å². The van der Waals surface area contributed by atoms with Gasteiger partial charge in [-0.15, -0.1) is 0 Å². The van der Waals surface area contributed by atoms with Crippen LogP contribution in [0.3, 0.4) is 0 Å². The van der Waals surface area contributed by atoms with Crippen molar-refractivity contribution in [2.45, 2.75) is 26.3 Å². The Kier molecular flexibility index (Phi) is 7.22. The Morgan fingerprint density at radius 3 is 2.29 bits per heavy atom. The lowest BCUT2D eigenvalue weighted by Crippen LogP contribution is -2.44. The van der Waals surface area contributed by atoms with Crippen molar-refractivity contribution in [1.82, 2.24) is 5.32 Å². The first kappa shape index (κ1) is 21.8. The van der Waals surface area contributed by atoms with Gasteiger partial charge in [-0.3, -0.25) is 9.59 Å². The second-order valence-corrected chi connectivity index (χ2v) is 7.12. The highest BCUT2D eigenvalue weighted by molar-refractivity contribution is 5.96. The minimum Gasteiger partial charge on any atom is -0.459 e. The van der Waals surface area contributed by atoms with Gasteiger partial charge < -0.3 is 19.8 Å². The summed E-state index contributed by atoms with van der Waals surface area (Å²) in [5, 5.41) is 5.39. The first-order chi connectivity index (χ1) is 14.9. The van der Waals surface area contributed by atoms with Crippen LogP contribution in [0.25, 0.3) is 0 Å². The molecule has 2 amide bonds. The van der Waals surface area contributed by atoms with Gasteiger partial charge in [-0.05, 0) is 42.7 Å². The van der Waals surface area contributed by atoms with Crippen LogP contribution in [0.4, 0.5) is 5.69 Å². The lowest BCUT2D eigenvalue weighted by molar-refractivity contribution is -0.149. The van der Waals surface area contributed by atoms with E-state index in [2.05, 4.69) is 10.6 Å².